The number of esters is 1. The van der Waals surface area contributed by atoms with Gasteiger partial charge in [0.1, 0.15) is 17.6 Å². The van der Waals surface area contributed by atoms with Gasteiger partial charge in [-0.2, -0.15) is 0 Å². The summed E-state index contributed by atoms with van der Waals surface area (Å²) in [4.78, 5) is 29.1. The molecule has 1 aliphatic rings. The number of Topliss-reactive ketones (excluding diaryl/α,β-unsaturated/α-hetero) is 1. The van der Waals surface area contributed by atoms with Crippen LogP contribution in [-0.4, -0.2) is 45.5 Å². The number of phenols is 1. The maximum Gasteiger partial charge on any atom is 0.306 e. The minimum absolute atomic E-state index is 0.0232. The first-order chi connectivity index (χ1) is 22.9. The summed E-state index contributed by atoms with van der Waals surface area (Å²) in [7, 11) is 0. The molecule has 2 aromatic carbocycles. The average molecular weight is 704 g/mol. The predicted molar refractivity (Wildman–Crippen MR) is 214 cm³/mol. The molecule has 3 rings (SSSR count). The Bertz CT molecular complexity index is 1480. The number of rotatable bonds is 10. The molecule has 0 aliphatic carbocycles. The van der Waals surface area contributed by atoms with Crippen LogP contribution in [0.1, 0.15) is 182 Å². The number of aromatic hydroxyl groups is 1. The van der Waals surface area contributed by atoms with Gasteiger partial charge >= 0.3 is 5.97 Å². The monoisotopic (exact) mass is 704 g/mol. The predicted octanol–water partition coefficient (Wildman–Crippen LogP) is 11.0. The van der Waals surface area contributed by atoms with E-state index in [9.17, 15) is 14.7 Å². The zero-order valence-corrected chi connectivity index (χ0v) is 35.7. The third-order valence-electron chi connectivity index (χ3n) is 11.0. The standard InChI is InChI=1S/C46H73NO4/c1-30-35(41(2,3)4)24-32(25-36(30)42(5,6)7)19-21-39(49)51-34-28-45(14,15)47(46(16,17)29-34)23-22-33(48)20-18-31-26-37(43(8,9)10)40(50)38(27-31)44(11,12)13/h24-27,34,50H,18-23,28-29H2,1-17H3. The Kier molecular flexibility index (Phi) is 12.6. The number of aryl methyl sites for hydroxylation is 2. The lowest BCUT2D eigenvalue weighted by molar-refractivity contribution is -0.160. The van der Waals surface area contributed by atoms with E-state index >= 15 is 0 Å². The zero-order valence-electron chi connectivity index (χ0n) is 35.7. The number of ether oxygens (including phenoxy) is 1. The van der Waals surface area contributed by atoms with Gasteiger partial charge < -0.3 is 9.84 Å². The maximum absolute atomic E-state index is 13.3. The first-order valence-electron chi connectivity index (χ1n) is 19.4. The number of ketones is 1. The van der Waals surface area contributed by atoms with Crippen molar-refractivity contribution in [2.75, 3.05) is 6.54 Å². The fourth-order valence-electron chi connectivity index (χ4n) is 8.51. The van der Waals surface area contributed by atoms with E-state index in [1.807, 2.05) is 0 Å². The number of phenolic OH excluding ortho intramolecular Hbond substituents is 1. The molecular weight excluding hydrogens is 631 g/mol. The van der Waals surface area contributed by atoms with Crippen LogP contribution < -0.4 is 0 Å². The molecule has 0 bridgehead atoms. The number of benzene rings is 2. The Balaban J connectivity index is 1.63. The smallest absolute Gasteiger partial charge is 0.306 e. The minimum atomic E-state index is -0.229. The molecule has 1 heterocycles. The summed E-state index contributed by atoms with van der Waals surface area (Å²) < 4.78 is 6.19. The van der Waals surface area contributed by atoms with Crippen molar-refractivity contribution in [1.29, 1.82) is 0 Å². The van der Waals surface area contributed by atoms with Crippen molar-refractivity contribution >= 4 is 11.8 Å². The van der Waals surface area contributed by atoms with Crippen molar-refractivity contribution in [2.45, 2.75) is 201 Å². The van der Waals surface area contributed by atoms with E-state index in [0.717, 1.165) is 29.5 Å². The third kappa shape index (κ3) is 10.9. The molecule has 0 spiro atoms. The van der Waals surface area contributed by atoms with Gasteiger partial charge in [-0.1, -0.05) is 107 Å². The van der Waals surface area contributed by atoms with Crippen LogP contribution in [0.25, 0.3) is 0 Å². The summed E-state index contributed by atoms with van der Waals surface area (Å²) in [5.74, 6) is 0.487. The molecule has 2 aromatic rings. The van der Waals surface area contributed by atoms with Crippen molar-refractivity contribution in [3.8, 4) is 5.75 Å². The second kappa shape index (κ2) is 15.0. The van der Waals surface area contributed by atoms with Crippen molar-refractivity contribution in [3.63, 3.8) is 0 Å². The van der Waals surface area contributed by atoms with Gasteiger partial charge in [0.2, 0.25) is 0 Å². The van der Waals surface area contributed by atoms with Gasteiger partial charge in [0.15, 0.2) is 0 Å². The van der Waals surface area contributed by atoms with Gasteiger partial charge in [-0.05, 0) is 108 Å². The van der Waals surface area contributed by atoms with Gasteiger partial charge in [-0.3, -0.25) is 14.5 Å². The summed E-state index contributed by atoms with van der Waals surface area (Å²) in [6, 6.07) is 8.76. The van der Waals surface area contributed by atoms with E-state index in [2.05, 4.69) is 147 Å². The van der Waals surface area contributed by atoms with E-state index in [1.165, 1.54) is 22.3 Å². The van der Waals surface area contributed by atoms with E-state index in [0.29, 0.717) is 44.4 Å². The van der Waals surface area contributed by atoms with Crippen LogP contribution in [0.5, 0.6) is 5.75 Å². The molecule has 51 heavy (non-hydrogen) atoms. The van der Waals surface area contributed by atoms with E-state index in [1.54, 1.807) is 0 Å². The highest BCUT2D eigenvalue weighted by Crippen LogP contribution is 2.42. The van der Waals surface area contributed by atoms with Crippen molar-refractivity contribution in [1.82, 2.24) is 4.90 Å². The summed E-state index contributed by atoms with van der Waals surface area (Å²) >= 11 is 0. The molecule has 0 saturated carbocycles. The molecule has 1 fully saturated rings. The molecule has 5 nitrogen and oxygen atoms in total. The number of hydrogen-bond donors (Lipinski definition) is 1. The van der Waals surface area contributed by atoms with E-state index in [4.69, 9.17) is 4.74 Å². The summed E-state index contributed by atoms with van der Waals surface area (Å²) in [6.07, 6.45) is 3.96. The highest BCUT2D eigenvalue weighted by atomic mass is 16.5. The fraction of sp³-hybridized carbons (Fsp3) is 0.696. The Morgan fingerprint density at radius 3 is 1.43 bits per heavy atom. The minimum Gasteiger partial charge on any atom is -0.507 e. The van der Waals surface area contributed by atoms with Crippen molar-refractivity contribution < 1.29 is 19.4 Å². The number of nitrogens with zero attached hydrogens (tertiary/aromatic N) is 1. The topological polar surface area (TPSA) is 66.8 Å². The van der Waals surface area contributed by atoms with Crippen LogP contribution >= 0.6 is 0 Å². The highest BCUT2D eigenvalue weighted by Gasteiger charge is 2.46. The molecule has 1 N–H and O–H groups in total. The Hall–Kier alpha value is -2.66. The lowest BCUT2D eigenvalue weighted by atomic mass is 9.75. The molecule has 1 saturated heterocycles. The van der Waals surface area contributed by atoms with Crippen LogP contribution in [0.2, 0.25) is 0 Å². The second-order valence-electron chi connectivity index (χ2n) is 20.9. The van der Waals surface area contributed by atoms with Gasteiger partial charge in [-0.15, -0.1) is 0 Å². The molecule has 286 valence electrons. The highest BCUT2D eigenvalue weighted by molar-refractivity contribution is 5.79. The zero-order chi connectivity index (χ0) is 39.1. The third-order valence-corrected chi connectivity index (χ3v) is 11.0. The second-order valence-corrected chi connectivity index (χ2v) is 20.9. The normalized spacial score (nSPS) is 17.4. The van der Waals surface area contributed by atoms with Crippen LogP contribution in [0.15, 0.2) is 24.3 Å². The first kappa shape index (κ1) is 42.8. The largest absolute Gasteiger partial charge is 0.507 e. The van der Waals surface area contributed by atoms with Crippen molar-refractivity contribution in [3.05, 3.63) is 63.2 Å². The summed E-state index contributed by atoms with van der Waals surface area (Å²) in [5, 5.41) is 11.1. The molecule has 0 unspecified atom stereocenters. The molecule has 0 atom stereocenters. The first-order valence-corrected chi connectivity index (χ1v) is 19.4. The number of carbonyl (C=O) groups excluding carboxylic acids is 2. The van der Waals surface area contributed by atoms with Gasteiger partial charge in [0, 0.05) is 49.7 Å². The van der Waals surface area contributed by atoms with Crippen LogP contribution in [-0.2, 0) is 48.8 Å². The summed E-state index contributed by atoms with van der Waals surface area (Å²) in [6.45, 7) is 38.0. The van der Waals surface area contributed by atoms with Gasteiger partial charge in [0.25, 0.3) is 0 Å². The number of piperidine rings is 1. The lowest BCUT2D eigenvalue weighted by Crippen LogP contribution is -2.62. The molecular formula is C46H73NO4. The lowest BCUT2D eigenvalue weighted by Gasteiger charge is -2.55. The van der Waals surface area contributed by atoms with Crippen molar-refractivity contribution in [2.24, 2.45) is 0 Å². The van der Waals surface area contributed by atoms with Crippen LogP contribution in [0, 0.1) is 6.92 Å². The fourth-order valence-corrected chi connectivity index (χ4v) is 8.51. The Labute approximate surface area is 312 Å². The summed E-state index contributed by atoms with van der Waals surface area (Å²) in [5.41, 5.74) is 7.40. The van der Waals surface area contributed by atoms with Gasteiger partial charge in [-0.25, -0.2) is 0 Å². The van der Waals surface area contributed by atoms with Gasteiger partial charge in [0.05, 0.1) is 0 Å². The van der Waals surface area contributed by atoms with Crippen LogP contribution in [0.3, 0.4) is 0 Å². The van der Waals surface area contributed by atoms with E-state index in [-0.39, 0.29) is 50.6 Å². The quantitative estimate of drug-likeness (QED) is 0.250. The Morgan fingerprint density at radius 1 is 0.667 bits per heavy atom. The molecule has 0 radical (unpaired) electrons. The van der Waals surface area contributed by atoms with Crippen LogP contribution in [0.4, 0.5) is 0 Å². The number of likely N-dealkylation sites (tertiary alicyclic amines) is 1. The Morgan fingerprint density at radius 2 is 1.04 bits per heavy atom. The SMILES string of the molecule is Cc1c(C(C)(C)C)cc(CCC(=O)OC2CC(C)(C)N(CCC(=O)CCc3cc(C(C)(C)C)c(O)c(C(C)(C)C)c3)C(C)(C)C2)cc1C(C)(C)C. The maximum atomic E-state index is 13.3. The number of carbonyl (C=O) groups is 2. The molecule has 1 aliphatic heterocycles. The molecule has 5 heteroatoms. The molecule has 0 aromatic heterocycles. The van der Waals surface area contributed by atoms with E-state index < -0.39 is 0 Å². The number of hydrogen-bond acceptors (Lipinski definition) is 5. The average Bonchev–Trinajstić information content (AvgIpc) is 2.92. The molecule has 0 amide bonds.